The molecule has 0 fully saturated rings. The summed E-state index contributed by atoms with van der Waals surface area (Å²) in [5, 5.41) is 9.11. The first kappa shape index (κ1) is 23.3. The lowest BCUT2D eigenvalue weighted by atomic mass is 9.99. The van der Waals surface area contributed by atoms with Gasteiger partial charge in [-0.3, -0.25) is 4.79 Å². The molecular formula is C17H15ClF3NO8. The summed E-state index contributed by atoms with van der Waals surface area (Å²) in [5.74, 6) is -2.24. The minimum atomic E-state index is -4.89. The largest absolute Gasteiger partial charge is 0.475 e. The summed E-state index contributed by atoms with van der Waals surface area (Å²) in [7, 11) is 0. The average Bonchev–Trinajstić information content (AvgIpc) is 2.62. The molecular weight excluding hydrogens is 439 g/mol. The Bertz CT molecular complexity index is 871. The third-order valence-electron chi connectivity index (χ3n) is 3.71. The number of halogens is 4. The Morgan fingerprint density at radius 1 is 1.23 bits per heavy atom. The van der Waals surface area contributed by atoms with E-state index in [9.17, 15) is 32.9 Å². The Morgan fingerprint density at radius 3 is 2.53 bits per heavy atom. The van der Waals surface area contributed by atoms with E-state index >= 15 is 0 Å². The van der Waals surface area contributed by atoms with Crippen LogP contribution >= 0.6 is 11.6 Å². The molecule has 1 aromatic rings. The first-order chi connectivity index (χ1) is 14.0. The van der Waals surface area contributed by atoms with Crippen LogP contribution in [0.1, 0.15) is 17.5 Å². The van der Waals surface area contributed by atoms with Gasteiger partial charge in [0.2, 0.25) is 6.10 Å². The van der Waals surface area contributed by atoms with Crippen LogP contribution in [0.15, 0.2) is 17.7 Å². The molecule has 0 aromatic heterocycles. The standard InChI is InChI=1S/C17H15ClF3NO8/c1-9-6-11(18)7-10-8-12(15(17(19,20)21)30-14(9)10)16(24)28-5-4-27-13(23)2-3-29-22(25)26/h6-8,15H,2-5H2,1H3/t15-/m0/s1. The molecule has 13 heteroatoms. The molecule has 9 nitrogen and oxygen atoms in total. The van der Waals surface area contributed by atoms with Crippen molar-refractivity contribution in [3.63, 3.8) is 0 Å². The number of nitrogens with zero attached hydrogens (tertiary/aromatic N) is 1. The molecule has 0 saturated carbocycles. The van der Waals surface area contributed by atoms with Crippen LogP contribution in [0.5, 0.6) is 5.75 Å². The first-order valence-electron chi connectivity index (χ1n) is 8.34. The van der Waals surface area contributed by atoms with Crippen LogP contribution in [0.25, 0.3) is 6.08 Å². The second kappa shape index (κ2) is 9.65. The molecule has 0 N–H and O–H groups in total. The smallest absolute Gasteiger partial charge is 0.430 e. The minimum absolute atomic E-state index is 0.0517. The van der Waals surface area contributed by atoms with E-state index in [4.69, 9.17) is 21.1 Å². The van der Waals surface area contributed by atoms with Gasteiger partial charge < -0.3 is 19.0 Å². The number of rotatable bonds is 8. The number of hydrogen-bond acceptors (Lipinski definition) is 8. The summed E-state index contributed by atoms with van der Waals surface area (Å²) < 4.78 is 54.6. The highest BCUT2D eigenvalue weighted by Gasteiger charge is 2.49. The van der Waals surface area contributed by atoms with Crippen LogP contribution in [0.3, 0.4) is 0 Å². The monoisotopic (exact) mass is 453 g/mol. The number of alkyl halides is 3. The SMILES string of the molecule is Cc1cc(Cl)cc2c1O[C@H](C(F)(F)F)C(C(=O)OCCOC(=O)CCO[N+](=O)[O-])=C2. The highest BCUT2D eigenvalue weighted by Crippen LogP contribution is 2.40. The van der Waals surface area contributed by atoms with Gasteiger partial charge >= 0.3 is 18.1 Å². The lowest BCUT2D eigenvalue weighted by Gasteiger charge is -2.29. The molecule has 0 unspecified atom stereocenters. The van der Waals surface area contributed by atoms with Gasteiger partial charge in [-0.25, -0.2) is 4.79 Å². The maximum atomic E-state index is 13.4. The number of esters is 2. The number of benzene rings is 1. The van der Waals surface area contributed by atoms with Gasteiger partial charge in [0.1, 0.15) is 25.6 Å². The van der Waals surface area contributed by atoms with Gasteiger partial charge in [0, 0.05) is 10.6 Å². The Hall–Kier alpha value is -3.02. The topological polar surface area (TPSA) is 114 Å². The van der Waals surface area contributed by atoms with Crippen LogP contribution in [0.2, 0.25) is 5.02 Å². The summed E-state index contributed by atoms with van der Waals surface area (Å²) in [4.78, 5) is 37.4. The lowest BCUT2D eigenvalue weighted by molar-refractivity contribution is -0.757. The van der Waals surface area contributed by atoms with E-state index in [0.717, 1.165) is 6.08 Å². The van der Waals surface area contributed by atoms with Crippen molar-refractivity contribution in [1.29, 1.82) is 0 Å². The van der Waals surface area contributed by atoms with Crippen molar-refractivity contribution in [3.8, 4) is 5.75 Å². The summed E-state index contributed by atoms with van der Waals surface area (Å²) in [6, 6.07) is 2.77. The molecule has 1 aliphatic rings. The van der Waals surface area contributed by atoms with Crippen LogP contribution in [0, 0.1) is 17.0 Å². The van der Waals surface area contributed by atoms with Crippen molar-refractivity contribution in [1.82, 2.24) is 0 Å². The molecule has 1 aromatic carbocycles. The Balaban J connectivity index is 2.00. The van der Waals surface area contributed by atoms with E-state index in [1.165, 1.54) is 19.1 Å². The molecule has 164 valence electrons. The number of carbonyl (C=O) groups excluding carboxylic acids is 2. The van der Waals surface area contributed by atoms with E-state index < -0.39 is 61.1 Å². The molecule has 1 atom stereocenters. The van der Waals surface area contributed by atoms with E-state index in [1.807, 2.05) is 0 Å². The molecule has 0 saturated heterocycles. The average molecular weight is 454 g/mol. The van der Waals surface area contributed by atoms with Crippen molar-refractivity contribution in [2.45, 2.75) is 25.6 Å². The maximum absolute atomic E-state index is 13.4. The number of fused-ring (bicyclic) bond motifs is 1. The number of hydrogen-bond donors (Lipinski definition) is 0. The third-order valence-corrected chi connectivity index (χ3v) is 3.93. The molecule has 0 amide bonds. The van der Waals surface area contributed by atoms with Crippen molar-refractivity contribution in [3.05, 3.63) is 44.0 Å². The maximum Gasteiger partial charge on any atom is 0.430 e. The van der Waals surface area contributed by atoms with Gasteiger partial charge in [0.15, 0.2) is 0 Å². The van der Waals surface area contributed by atoms with Crippen molar-refractivity contribution in [2.75, 3.05) is 19.8 Å². The van der Waals surface area contributed by atoms with Crippen molar-refractivity contribution >= 4 is 29.6 Å². The van der Waals surface area contributed by atoms with Crippen molar-refractivity contribution < 1.29 is 46.9 Å². The minimum Gasteiger partial charge on any atom is -0.475 e. The molecule has 30 heavy (non-hydrogen) atoms. The molecule has 1 aliphatic heterocycles. The summed E-state index contributed by atoms with van der Waals surface area (Å²) >= 11 is 5.90. The highest BCUT2D eigenvalue weighted by molar-refractivity contribution is 6.30. The summed E-state index contributed by atoms with van der Waals surface area (Å²) in [6.07, 6.45) is -6.88. The van der Waals surface area contributed by atoms with Gasteiger partial charge in [-0.1, -0.05) is 11.6 Å². The number of ether oxygens (including phenoxy) is 3. The first-order valence-corrected chi connectivity index (χ1v) is 8.72. The van der Waals surface area contributed by atoms with Crippen LogP contribution in [-0.4, -0.2) is 49.1 Å². The van der Waals surface area contributed by atoms with Crippen LogP contribution in [-0.2, 0) is 23.9 Å². The van der Waals surface area contributed by atoms with Gasteiger partial charge in [0.05, 0.1) is 12.0 Å². The van der Waals surface area contributed by atoms with Crippen LogP contribution in [0.4, 0.5) is 13.2 Å². The van der Waals surface area contributed by atoms with Gasteiger partial charge in [-0.05, 0) is 30.7 Å². The Labute approximate surface area is 172 Å². The zero-order valence-corrected chi connectivity index (χ0v) is 16.1. The molecule has 1 heterocycles. The second-order valence-corrected chi connectivity index (χ2v) is 6.38. The van der Waals surface area contributed by atoms with Gasteiger partial charge in [0.25, 0.3) is 5.09 Å². The summed E-state index contributed by atoms with van der Waals surface area (Å²) in [6.45, 7) is -0.00968. The fraction of sp³-hybridized carbons (Fsp3) is 0.412. The lowest BCUT2D eigenvalue weighted by Crippen LogP contribution is -2.41. The molecule has 0 aliphatic carbocycles. The molecule has 2 rings (SSSR count). The van der Waals surface area contributed by atoms with Gasteiger partial charge in [-0.15, -0.1) is 10.1 Å². The molecule has 0 spiro atoms. The van der Waals surface area contributed by atoms with E-state index in [0.29, 0.717) is 5.56 Å². The Morgan fingerprint density at radius 2 is 1.90 bits per heavy atom. The molecule has 0 radical (unpaired) electrons. The fourth-order valence-electron chi connectivity index (χ4n) is 2.51. The second-order valence-electron chi connectivity index (χ2n) is 5.94. The highest BCUT2D eigenvalue weighted by atomic mass is 35.5. The van der Waals surface area contributed by atoms with E-state index in [2.05, 4.69) is 9.57 Å². The predicted molar refractivity (Wildman–Crippen MR) is 94.1 cm³/mol. The zero-order valence-electron chi connectivity index (χ0n) is 15.4. The fourth-order valence-corrected chi connectivity index (χ4v) is 2.79. The van der Waals surface area contributed by atoms with E-state index in [1.54, 1.807) is 0 Å². The third kappa shape index (κ3) is 6.24. The number of carbonyl (C=O) groups is 2. The summed E-state index contributed by atoms with van der Waals surface area (Å²) in [5.41, 5.74) is -0.240. The van der Waals surface area contributed by atoms with Crippen molar-refractivity contribution in [2.24, 2.45) is 0 Å². The predicted octanol–water partition coefficient (Wildman–Crippen LogP) is 3.04. The van der Waals surface area contributed by atoms with Crippen LogP contribution < -0.4 is 4.74 Å². The Kier molecular flexibility index (Phi) is 7.48. The quantitative estimate of drug-likeness (QED) is 0.255. The van der Waals surface area contributed by atoms with Gasteiger partial charge in [-0.2, -0.15) is 13.2 Å². The normalized spacial score (nSPS) is 15.4. The molecule has 0 bridgehead atoms. The zero-order chi connectivity index (χ0) is 22.5. The number of aryl methyl sites for hydroxylation is 1. The van der Waals surface area contributed by atoms with E-state index in [-0.39, 0.29) is 16.3 Å².